The molecule has 6 nitrogen and oxygen atoms in total. The van der Waals surface area contributed by atoms with E-state index in [2.05, 4.69) is 10.6 Å². The minimum Gasteiger partial charge on any atom is -0.480 e. The summed E-state index contributed by atoms with van der Waals surface area (Å²) in [5, 5.41) is 22.5. The number of nitrogens with one attached hydrogen (secondary N) is 2. The van der Waals surface area contributed by atoms with Gasteiger partial charge < -0.3 is 20.8 Å². The van der Waals surface area contributed by atoms with Crippen LogP contribution in [0.1, 0.15) is 20.8 Å². The Bertz CT molecular complexity index is 240. The molecule has 0 aromatic heterocycles. The third-order valence-electron chi connectivity index (χ3n) is 1.97. The van der Waals surface area contributed by atoms with Crippen LogP contribution in [0.3, 0.4) is 0 Å². The van der Waals surface area contributed by atoms with Crippen LogP contribution < -0.4 is 10.6 Å². The summed E-state index contributed by atoms with van der Waals surface area (Å²) in [6, 6.07) is -1.25. The van der Waals surface area contributed by atoms with Crippen LogP contribution in [-0.2, 0) is 9.59 Å². The number of carbonyl (C=O) groups excluding carboxylic acids is 1. The molecule has 0 aromatic rings. The smallest absolute Gasteiger partial charge is 0.328 e. The lowest BCUT2D eigenvalue weighted by Gasteiger charge is -2.26. The highest BCUT2D eigenvalue weighted by Crippen LogP contribution is 2.02. The fraction of sp³-hybridized carbons (Fsp3) is 0.778. The molecule has 0 saturated carbocycles. The van der Waals surface area contributed by atoms with Crippen LogP contribution in [0.5, 0.6) is 0 Å². The number of amides is 1. The maximum absolute atomic E-state index is 11.6. The summed E-state index contributed by atoms with van der Waals surface area (Å²) in [4.78, 5) is 22.1. The molecule has 0 aromatic carbocycles. The van der Waals surface area contributed by atoms with Crippen LogP contribution in [0.15, 0.2) is 0 Å². The molecule has 0 bridgehead atoms. The van der Waals surface area contributed by atoms with E-state index in [0.29, 0.717) is 6.54 Å². The van der Waals surface area contributed by atoms with E-state index < -0.39 is 30.1 Å². The first-order chi connectivity index (χ1) is 6.85. The fourth-order valence-corrected chi connectivity index (χ4v) is 1.05. The maximum atomic E-state index is 11.6. The lowest BCUT2D eigenvalue weighted by Crippen LogP contribution is -2.57. The highest BCUT2D eigenvalue weighted by molar-refractivity contribution is 5.89. The zero-order valence-corrected chi connectivity index (χ0v) is 9.20. The summed E-state index contributed by atoms with van der Waals surface area (Å²) < 4.78 is 0. The van der Waals surface area contributed by atoms with E-state index in [9.17, 15) is 9.59 Å². The third-order valence-corrected chi connectivity index (χ3v) is 1.97. The standard InChI is InChI=1S/C9H18N2O4/c1-4-10-9(2,3)8(15)11-6(5-12)7(13)14/h6,10,12H,4-5H2,1-3H3,(H,11,15)(H,13,14). The van der Waals surface area contributed by atoms with Crippen molar-refractivity contribution in [2.75, 3.05) is 13.2 Å². The molecule has 0 radical (unpaired) electrons. The predicted molar refractivity (Wildman–Crippen MR) is 54.4 cm³/mol. The highest BCUT2D eigenvalue weighted by Gasteiger charge is 2.29. The monoisotopic (exact) mass is 218 g/mol. The Morgan fingerprint density at radius 1 is 1.40 bits per heavy atom. The first-order valence-corrected chi connectivity index (χ1v) is 4.74. The van der Waals surface area contributed by atoms with Gasteiger partial charge in [0.1, 0.15) is 6.04 Å². The topological polar surface area (TPSA) is 98.7 Å². The van der Waals surface area contributed by atoms with Gasteiger partial charge in [-0.25, -0.2) is 4.79 Å². The molecule has 0 spiro atoms. The molecule has 0 aliphatic carbocycles. The number of carboxylic acid groups (broad SMARTS) is 1. The number of aliphatic carboxylic acids is 1. The number of hydrogen-bond acceptors (Lipinski definition) is 4. The number of likely N-dealkylation sites (N-methyl/N-ethyl adjacent to an activating group) is 1. The van der Waals surface area contributed by atoms with E-state index in [1.165, 1.54) is 0 Å². The van der Waals surface area contributed by atoms with E-state index in [4.69, 9.17) is 10.2 Å². The third kappa shape index (κ3) is 4.26. The van der Waals surface area contributed by atoms with E-state index in [1.54, 1.807) is 13.8 Å². The van der Waals surface area contributed by atoms with Crippen LogP contribution in [-0.4, -0.2) is 46.8 Å². The average Bonchev–Trinajstić information content (AvgIpc) is 2.12. The van der Waals surface area contributed by atoms with Gasteiger partial charge in [0.25, 0.3) is 0 Å². The molecule has 0 fully saturated rings. The normalized spacial score (nSPS) is 13.3. The van der Waals surface area contributed by atoms with Crippen molar-refractivity contribution in [3.8, 4) is 0 Å². The Morgan fingerprint density at radius 2 is 1.93 bits per heavy atom. The van der Waals surface area contributed by atoms with Gasteiger partial charge >= 0.3 is 5.97 Å². The van der Waals surface area contributed by atoms with Gasteiger partial charge in [-0.2, -0.15) is 0 Å². The number of aliphatic hydroxyl groups excluding tert-OH is 1. The average molecular weight is 218 g/mol. The first-order valence-electron chi connectivity index (χ1n) is 4.74. The zero-order chi connectivity index (χ0) is 12.1. The molecule has 1 amide bonds. The van der Waals surface area contributed by atoms with E-state index in [0.717, 1.165) is 0 Å². The molecule has 6 heteroatoms. The van der Waals surface area contributed by atoms with Crippen molar-refractivity contribution in [2.24, 2.45) is 0 Å². The Hall–Kier alpha value is -1.14. The van der Waals surface area contributed by atoms with E-state index in [-0.39, 0.29) is 0 Å². The van der Waals surface area contributed by atoms with Crippen molar-refractivity contribution in [2.45, 2.75) is 32.4 Å². The van der Waals surface area contributed by atoms with Crippen molar-refractivity contribution in [3.05, 3.63) is 0 Å². The van der Waals surface area contributed by atoms with Crippen LogP contribution in [0.4, 0.5) is 0 Å². The van der Waals surface area contributed by atoms with Crippen molar-refractivity contribution in [1.82, 2.24) is 10.6 Å². The molecule has 1 unspecified atom stereocenters. The molecule has 0 aliphatic heterocycles. The minimum atomic E-state index is -1.25. The first kappa shape index (κ1) is 13.9. The lowest BCUT2D eigenvalue weighted by molar-refractivity contribution is -0.143. The van der Waals surface area contributed by atoms with Gasteiger partial charge in [0.2, 0.25) is 5.91 Å². The predicted octanol–water partition coefficient (Wildman–Crippen LogP) is -1.06. The maximum Gasteiger partial charge on any atom is 0.328 e. The highest BCUT2D eigenvalue weighted by atomic mass is 16.4. The Morgan fingerprint density at radius 3 is 2.27 bits per heavy atom. The molecule has 88 valence electrons. The van der Waals surface area contributed by atoms with Crippen LogP contribution in [0.2, 0.25) is 0 Å². The van der Waals surface area contributed by atoms with Crippen LogP contribution in [0.25, 0.3) is 0 Å². The van der Waals surface area contributed by atoms with Crippen molar-refractivity contribution < 1.29 is 19.8 Å². The number of carbonyl (C=O) groups is 2. The number of aliphatic hydroxyl groups is 1. The number of hydrogen-bond donors (Lipinski definition) is 4. The fourth-order valence-electron chi connectivity index (χ4n) is 1.05. The molecule has 15 heavy (non-hydrogen) atoms. The van der Waals surface area contributed by atoms with Gasteiger partial charge in [0, 0.05) is 0 Å². The Kier molecular flexibility index (Phi) is 5.24. The van der Waals surface area contributed by atoms with E-state index >= 15 is 0 Å². The zero-order valence-electron chi connectivity index (χ0n) is 9.20. The number of carboxylic acids is 1. The van der Waals surface area contributed by atoms with Crippen molar-refractivity contribution >= 4 is 11.9 Å². The molecule has 4 N–H and O–H groups in total. The molecule has 0 heterocycles. The van der Waals surface area contributed by atoms with E-state index in [1.807, 2.05) is 6.92 Å². The molecule has 0 saturated heterocycles. The Labute approximate surface area is 88.7 Å². The molecule has 0 aliphatic rings. The summed E-state index contributed by atoms with van der Waals surface area (Å²) in [6.45, 7) is 5.10. The van der Waals surface area contributed by atoms with Crippen LogP contribution in [0, 0.1) is 0 Å². The minimum absolute atomic E-state index is 0.453. The molecule has 1 atom stereocenters. The van der Waals surface area contributed by atoms with Gasteiger partial charge in [-0.1, -0.05) is 6.92 Å². The largest absolute Gasteiger partial charge is 0.480 e. The summed E-state index contributed by atoms with van der Waals surface area (Å²) in [7, 11) is 0. The Balaban J connectivity index is 4.40. The quantitative estimate of drug-likeness (QED) is 0.455. The second-order valence-corrected chi connectivity index (χ2v) is 3.70. The second kappa shape index (κ2) is 5.67. The molecular weight excluding hydrogens is 200 g/mol. The number of rotatable bonds is 6. The second-order valence-electron chi connectivity index (χ2n) is 3.70. The molecular formula is C9H18N2O4. The molecule has 0 rings (SSSR count). The SMILES string of the molecule is CCNC(C)(C)C(=O)NC(CO)C(=O)O. The van der Waals surface area contributed by atoms with Gasteiger partial charge in [-0.05, 0) is 20.4 Å². The van der Waals surface area contributed by atoms with Gasteiger partial charge in [0.15, 0.2) is 0 Å². The summed E-state index contributed by atoms with van der Waals surface area (Å²) in [5.74, 6) is -1.70. The van der Waals surface area contributed by atoms with Crippen molar-refractivity contribution in [3.63, 3.8) is 0 Å². The summed E-state index contributed by atoms with van der Waals surface area (Å²) >= 11 is 0. The van der Waals surface area contributed by atoms with Crippen molar-refractivity contribution in [1.29, 1.82) is 0 Å². The van der Waals surface area contributed by atoms with Gasteiger partial charge in [-0.15, -0.1) is 0 Å². The van der Waals surface area contributed by atoms with Gasteiger partial charge in [-0.3, -0.25) is 4.79 Å². The van der Waals surface area contributed by atoms with Crippen LogP contribution >= 0.6 is 0 Å². The lowest BCUT2D eigenvalue weighted by atomic mass is 10.0. The van der Waals surface area contributed by atoms with Gasteiger partial charge in [0.05, 0.1) is 12.1 Å². The summed E-state index contributed by atoms with van der Waals surface area (Å²) in [5.41, 5.74) is -0.850. The summed E-state index contributed by atoms with van der Waals surface area (Å²) in [6.07, 6.45) is 0.